The second-order valence-electron chi connectivity index (χ2n) is 4.77. The first-order chi connectivity index (χ1) is 10.1. The average Bonchev–Trinajstić information content (AvgIpc) is 2.49. The lowest BCUT2D eigenvalue weighted by Crippen LogP contribution is -2.17. The molecule has 4 nitrogen and oxygen atoms in total. The Morgan fingerprint density at radius 3 is 2.62 bits per heavy atom. The van der Waals surface area contributed by atoms with Crippen LogP contribution in [0.15, 0.2) is 53.7 Å². The molecule has 0 aliphatic heterocycles. The lowest BCUT2D eigenvalue weighted by Gasteiger charge is -2.06. The maximum Gasteiger partial charge on any atom is 0.265 e. The van der Waals surface area contributed by atoms with E-state index in [0.29, 0.717) is 0 Å². The fourth-order valence-corrected chi connectivity index (χ4v) is 1.75. The van der Waals surface area contributed by atoms with E-state index in [2.05, 4.69) is 10.5 Å². The minimum atomic E-state index is -0.233. The highest BCUT2D eigenvalue weighted by molar-refractivity contribution is 5.91. The van der Waals surface area contributed by atoms with Gasteiger partial charge in [0.15, 0.2) is 6.61 Å². The molecule has 0 saturated heterocycles. The zero-order chi connectivity index (χ0) is 15.1. The molecule has 4 heteroatoms. The van der Waals surface area contributed by atoms with Gasteiger partial charge in [-0.1, -0.05) is 41.6 Å². The summed E-state index contributed by atoms with van der Waals surface area (Å²) in [7, 11) is 0. The van der Waals surface area contributed by atoms with Crippen LogP contribution in [0.4, 0.5) is 5.69 Å². The molecule has 0 heterocycles. The molecule has 0 aromatic heterocycles. The summed E-state index contributed by atoms with van der Waals surface area (Å²) in [4.78, 5) is 16.7. The number of rotatable bonds is 5. The minimum absolute atomic E-state index is 0.115. The van der Waals surface area contributed by atoms with Crippen LogP contribution in [-0.2, 0) is 9.63 Å². The first-order valence-electron chi connectivity index (χ1n) is 6.72. The quantitative estimate of drug-likeness (QED) is 0.675. The van der Waals surface area contributed by atoms with Crippen molar-refractivity contribution in [3.05, 3.63) is 65.2 Å². The maximum atomic E-state index is 11.7. The molecule has 2 aromatic carbocycles. The highest BCUT2D eigenvalue weighted by atomic mass is 16.6. The number of carbonyl (C=O) groups is 1. The third kappa shape index (κ3) is 4.76. The molecule has 0 saturated carbocycles. The van der Waals surface area contributed by atoms with Gasteiger partial charge in [-0.25, -0.2) is 0 Å². The van der Waals surface area contributed by atoms with Crippen molar-refractivity contribution < 1.29 is 9.63 Å². The Balaban J connectivity index is 1.79. The first kappa shape index (κ1) is 14.8. The predicted molar refractivity (Wildman–Crippen MR) is 84.5 cm³/mol. The number of anilines is 1. The summed E-state index contributed by atoms with van der Waals surface area (Å²) < 4.78 is 0. The Morgan fingerprint density at radius 1 is 1.14 bits per heavy atom. The van der Waals surface area contributed by atoms with Crippen LogP contribution in [0.2, 0.25) is 0 Å². The van der Waals surface area contributed by atoms with E-state index in [-0.39, 0.29) is 12.5 Å². The van der Waals surface area contributed by atoms with Crippen molar-refractivity contribution in [2.24, 2.45) is 5.16 Å². The van der Waals surface area contributed by atoms with Gasteiger partial charge in [-0.15, -0.1) is 0 Å². The molecule has 0 bridgehead atoms. The summed E-state index contributed by atoms with van der Waals surface area (Å²) in [6.45, 7) is 3.92. The zero-order valence-electron chi connectivity index (χ0n) is 12.2. The standard InChI is InChI=1S/C17H18N2O2/c1-13-8-9-16(10-14(13)2)19-17(20)12-21-18-11-15-6-4-3-5-7-15/h3-11H,12H2,1-2H3,(H,19,20)/b18-11-. The van der Waals surface area contributed by atoms with Gasteiger partial charge >= 0.3 is 0 Å². The van der Waals surface area contributed by atoms with E-state index < -0.39 is 0 Å². The van der Waals surface area contributed by atoms with E-state index in [1.165, 1.54) is 5.56 Å². The topological polar surface area (TPSA) is 50.7 Å². The molecule has 0 radical (unpaired) electrons. The number of benzene rings is 2. The summed E-state index contributed by atoms with van der Waals surface area (Å²) in [5.41, 5.74) is 4.01. The number of carbonyl (C=O) groups excluding carboxylic acids is 1. The van der Waals surface area contributed by atoms with E-state index in [4.69, 9.17) is 4.84 Å². The SMILES string of the molecule is Cc1ccc(NC(=O)CO/N=C\c2ccccc2)cc1C. The van der Waals surface area contributed by atoms with Gasteiger partial charge in [-0.2, -0.15) is 0 Å². The first-order valence-corrected chi connectivity index (χ1v) is 6.72. The molecule has 0 unspecified atom stereocenters. The van der Waals surface area contributed by atoms with Crippen molar-refractivity contribution in [3.8, 4) is 0 Å². The number of hydrogen-bond acceptors (Lipinski definition) is 3. The van der Waals surface area contributed by atoms with Crippen LogP contribution in [0.5, 0.6) is 0 Å². The van der Waals surface area contributed by atoms with E-state index in [1.54, 1.807) is 6.21 Å². The number of nitrogens with one attached hydrogen (secondary N) is 1. The summed E-state index contributed by atoms with van der Waals surface area (Å²) in [6.07, 6.45) is 1.57. The molecule has 0 atom stereocenters. The van der Waals surface area contributed by atoms with Gasteiger partial charge in [0, 0.05) is 5.69 Å². The highest BCUT2D eigenvalue weighted by Gasteiger charge is 2.03. The Labute approximate surface area is 124 Å². The van der Waals surface area contributed by atoms with E-state index >= 15 is 0 Å². The van der Waals surface area contributed by atoms with Gasteiger partial charge in [0.05, 0.1) is 6.21 Å². The fraction of sp³-hybridized carbons (Fsp3) is 0.176. The molecule has 2 rings (SSSR count). The van der Waals surface area contributed by atoms with Gasteiger partial charge < -0.3 is 10.2 Å². The number of nitrogens with zero attached hydrogens (tertiary/aromatic N) is 1. The van der Waals surface area contributed by atoms with E-state index in [9.17, 15) is 4.79 Å². The summed E-state index contributed by atoms with van der Waals surface area (Å²) in [5, 5.41) is 6.54. The van der Waals surface area contributed by atoms with E-state index in [1.807, 2.05) is 62.4 Å². The number of aryl methyl sites for hydroxylation is 2. The normalized spacial score (nSPS) is 10.6. The summed E-state index contributed by atoms with van der Waals surface area (Å²) >= 11 is 0. The molecule has 0 fully saturated rings. The van der Waals surface area contributed by atoms with Crippen molar-refractivity contribution in [2.75, 3.05) is 11.9 Å². The lowest BCUT2D eigenvalue weighted by molar-refractivity contribution is -0.120. The molecule has 0 aliphatic rings. The van der Waals surface area contributed by atoms with Crippen molar-refractivity contribution in [3.63, 3.8) is 0 Å². The van der Waals surface area contributed by atoms with Crippen molar-refractivity contribution >= 4 is 17.8 Å². The van der Waals surface area contributed by atoms with Gasteiger partial charge in [-0.05, 0) is 42.7 Å². The summed E-state index contributed by atoms with van der Waals surface area (Å²) in [5.74, 6) is -0.233. The zero-order valence-corrected chi connectivity index (χ0v) is 12.2. The summed E-state index contributed by atoms with van der Waals surface area (Å²) in [6, 6.07) is 15.3. The minimum Gasteiger partial charge on any atom is -0.386 e. The lowest BCUT2D eigenvalue weighted by atomic mass is 10.1. The predicted octanol–water partition coefficient (Wildman–Crippen LogP) is 3.29. The molecule has 1 amide bonds. The largest absolute Gasteiger partial charge is 0.386 e. The van der Waals surface area contributed by atoms with Crippen LogP contribution >= 0.6 is 0 Å². The average molecular weight is 282 g/mol. The third-order valence-electron chi connectivity index (χ3n) is 3.06. The van der Waals surface area contributed by atoms with Crippen LogP contribution in [0.1, 0.15) is 16.7 Å². The molecule has 1 N–H and O–H groups in total. The molecule has 108 valence electrons. The van der Waals surface area contributed by atoms with Gasteiger partial charge in [0.1, 0.15) is 0 Å². The molecular formula is C17H18N2O2. The van der Waals surface area contributed by atoms with Gasteiger partial charge in [0.2, 0.25) is 0 Å². The number of hydrogen-bond donors (Lipinski definition) is 1. The van der Waals surface area contributed by atoms with Crippen LogP contribution < -0.4 is 5.32 Å². The van der Waals surface area contributed by atoms with Crippen molar-refractivity contribution in [1.29, 1.82) is 0 Å². The number of amides is 1. The van der Waals surface area contributed by atoms with Crippen molar-refractivity contribution in [1.82, 2.24) is 0 Å². The number of oxime groups is 1. The molecule has 21 heavy (non-hydrogen) atoms. The molecular weight excluding hydrogens is 264 g/mol. The third-order valence-corrected chi connectivity index (χ3v) is 3.06. The monoisotopic (exact) mass is 282 g/mol. The maximum absolute atomic E-state index is 11.7. The second kappa shape index (κ2) is 7.24. The van der Waals surface area contributed by atoms with Crippen LogP contribution in [0.25, 0.3) is 0 Å². The van der Waals surface area contributed by atoms with Crippen molar-refractivity contribution in [2.45, 2.75) is 13.8 Å². The molecule has 0 spiro atoms. The Kier molecular flexibility index (Phi) is 5.10. The van der Waals surface area contributed by atoms with Crippen LogP contribution in [0, 0.1) is 13.8 Å². The van der Waals surface area contributed by atoms with E-state index in [0.717, 1.165) is 16.8 Å². The fourth-order valence-electron chi connectivity index (χ4n) is 1.75. The highest BCUT2D eigenvalue weighted by Crippen LogP contribution is 2.13. The second-order valence-corrected chi connectivity index (χ2v) is 4.77. The van der Waals surface area contributed by atoms with Gasteiger partial charge in [0.25, 0.3) is 5.91 Å². The Hall–Kier alpha value is -2.62. The molecule has 0 aliphatic carbocycles. The smallest absolute Gasteiger partial charge is 0.265 e. The Bertz CT molecular complexity index is 636. The van der Waals surface area contributed by atoms with Crippen LogP contribution in [-0.4, -0.2) is 18.7 Å². The van der Waals surface area contributed by atoms with Crippen LogP contribution in [0.3, 0.4) is 0 Å². The Morgan fingerprint density at radius 2 is 1.90 bits per heavy atom. The van der Waals surface area contributed by atoms with Gasteiger partial charge in [-0.3, -0.25) is 4.79 Å². The molecule has 2 aromatic rings.